The Kier molecular flexibility index (Phi) is 3.66. The number of dihydropyridines is 1. The van der Waals surface area contributed by atoms with Crippen molar-refractivity contribution >= 4 is 17.3 Å². The third-order valence-electron chi connectivity index (χ3n) is 5.68. The van der Waals surface area contributed by atoms with Gasteiger partial charge >= 0.3 is 0 Å². The summed E-state index contributed by atoms with van der Waals surface area (Å²) in [5, 5.41) is 3.07. The van der Waals surface area contributed by atoms with E-state index in [0.717, 1.165) is 0 Å². The zero-order valence-electron chi connectivity index (χ0n) is 14.9. The standard InChI is InChI=1S/C23H16FNO3/c24-15-9-4-3-8-14(15)18-19-16(10-5-11-17(19)26)25-21-20(18)22(27)12-6-1-2-7-13(12)23(21)28/h1-4,6-9,18,25H,5,10-11H2. The zero-order valence-corrected chi connectivity index (χ0v) is 14.9. The lowest BCUT2D eigenvalue weighted by Gasteiger charge is -2.36. The van der Waals surface area contributed by atoms with Gasteiger partial charge in [-0.3, -0.25) is 14.4 Å². The smallest absolute Gasteiger partial charge is 0.210 e. The summed E-state index contributed by atoms with van der Waals surface area (Å²) in [6.45, 7) is 0. The number of carbonyl (C=O) groups is 3. The van der Waals surface area contributed by atoms with Crippen LogP contribution in [0.2, 0.25) is 0 Å². The first-order valence-corrected chi connectivity index (χ1v) is 9.28. The Labute approximate surface area is 160 Å². The molecule has 0 bridgehead atoms. The lowest BCUT2D eigenvalue weighted by molar-refractivity contribution is -0.116. The second-order valence-electron chi connectivity index (χ2n) is 7.24. The van der Waals surface area contributed by atoms with E-state index >= 15 is 0 Å². The fourth-order valence-electron chi connectivity index (χ4n) is 4.44. The second kappa shape index (κ2) is 6.09. The van der Waals surface area contributed by atoms with Crippen LogP contribution in [0.15, 0.2) is 71.1 Å². The molecule has 1 heterocycles. The van der Waals surface area contributed by atoms with Crippen molar-refractivity contribution in [3.8, 4) is 0 Å². The summed E-state index contributed by atoms with van der Waals surface area (Å²) >= 11 is 0. The Morgan fingerprint density at radius 2 is 1.50 bits per heavy atom. The summed E-state index contributed by atoms with van der Waals surface area (Å²) in [4.78, 5) is 39.3. The van der Waals surface area contributed by atoms with Gasteiger partial charge in [0.15, 0.2) is 11.6 Å². The molecule has 2 aromatic carbocycles. The Morgan fingerprint density at radius 3 is 2.25 bits per heavy atom. The molecule has 3 aliphatic rings. The number of ketones is 3. The van der Waals surface area contributed by atoms with Crippen molar-refractivity contribution in [2.75, 3.05) is 0 Å². The van der Waals surface area contributed by atoms with Gasteiger partial charge in [-0.2, -0.15) is 0 Å². The summed E-state index contributed by atoms with van der Waals surface area (Å²) in [6.07, 6.45) is 1.61. The van der Waals surface area contributed by atoms with Gasteiger partial charge in [0.25, 0.3) is 0 Å². The highest BCUT2D eigenvalue weighted by molar-refractivity contribution is 6.28. The van der Waals surface area contributed by atoms with E-state index in [1.165, 1.54) is 6.07 Å². The zero-order chi connectivity index (χ0) is 19.4. The van der Waals surface area contributed by atoms with E-state index in [1.807, 2.05) is 0 Å². The van der Waals surface area contributed by atoms with E-state index in [9.17, 15) is 18.8 Å². The molecule has 0 aromatic heterocycles. The Morgan fingerprint density at radius 1 is 0.821 bits per heavy atom. The molecular formula is C23H16FNO3. The highest BCUT2D eigenvalue weighted by atomic mass is 19.1. The molecule has 0 fully saturated rings. The summed E-state index contributed by atoms with van der Waals surface area (Å²) in [5.74, 6) is -2.10. The molecule has 0 saturated carbocycles. The van der Waals surface area contributed by atoms with Crippen LogP contribution in [0.1, 0.15) is 51.5 Å². The van der Waals surface area contributed by atoms with Crippen molar-refractivity contribution in [3.63, 3.8) is 0 Å². The van der Waals surface area contributed by atoms with Gasteiger partial charge in [0, 0.05) is 45.9 Å². The van der Waals surface area contributed by atoms with E-state index in [0.29, 0.717) is 41.7 Å². The van der Waals surface area contributed by atoms with E-state index < -0.39 is 11.7 Å². The molecule has 2 aromatic rings. The van der Waals surface area contributed by atoms with Crippen LogP contribution >= 0.6 is 0 Å². The van der Waals surface area contributed by atoms with Crippen LogP contribution in [-0.2, 0) is 4.79 Å². The fourth-order valence-corrected chi connectivity index (χ4v) is 4.44. The lowest BCUT2D eigenvalue weighted by Crippen LogP contribution is -2.40. The SMILES string of the molecule is O=C1CCCC2=C1C(c1ccccc1F)C1=C(N2)C(=O)c2ccccc2C1=O. The number of carbonyl (C=O) groups excluding carboxylic acids is 3. The van der Waals surface area contributed by atoms with E-state index in [4.69, 9.17) is 0 Å². The minimum Gasteiger partial charge on any atom is -0.355 e. The van der Waals surface area contributed by atoms with Gasteiger partial charge in [-0.25, -0.2) is 4.39 Å². The molecule has 5 heteroatoms. The molecule has 1 atom stereocenters. The number of halogens is 1. The average molecular weight is 373 g/mol. The monoisotopic (exact) mass is 373 g/mol. The van der Waals surface area contributed by atoms with Crippen molar-refractivity contribution in [1.82, 2.24) is 5.32 Å². The predicted octanol–water partition coefficient (Wildman–Crippen LogP) is 3.85. The van der Waals surface area contributed by atoms with Gasteiger partial charge < -0.3 is 5.32 Å². The maximum Gasteiger partial charge on any atom is 0.210 e. The van der Waals surface area contributed by atoms with E-state index in [1.54, 1.807) is 42.5 Å². The predicted molar refractivity (Wildman–Crippen MR) is 100 cm³/mol. The first kappa shape index (κ1) is 16.8. The number of hydrogen-bond acceptors (Lipinski definition) is 4. The molecule has 138 valence electrons. The van der Waals surface area contributed by atoms with E-state index in [2.05, 4.69) is 5.32 Å². The van der Waals surface area contributed by atoms with Crippen LogP contribution in [0.4, 0.5) is 4.39 Å². The Hall–Kier alpha value is -3.34. The lowest BCUT2D eigenvalue weighted by atomic mass is 9.70. The summed E-state index contributed by atoms with van der Waals surface area (Å²) in [7, 11) is 0. The van der Waals surface area contributed by atoms with Crippen LogP contribution in [0.25, 0.3) is 0 Å². The first-order chi connectivity index (χ1) is 13.6. The summed E-state index contributed by atoms with van der Waals surface area (Å²) in [5.41, 5.74) is 2.26. The van der Waals surface area contributed by atoms with Crippen molar-refractivity contribution in [1.29, 1.82) is 0 Å². The van der Waals surface area contributed by atoms with Crippen LogP contribution in [0.3, 0.4) is 0 Å². The molecule has 5 rings (SSSR count). The highest BCUT2D eigenvalue weighted by Gasteiger charge is 2.45. The number of benzene rings is 2. The van der Waals surface area contributed by atoms with Crippen LogP contribution < -0.4 is 5.32 Å². The molecule has 0 saturated heterocycles. The van der Waals surface area contributed by atoms with Gasteiger partial charge in [-0.15, -0.1) is 0 Å². The topological polar surface area (TPSA) is 63.2 Å². The van der Waals surface area contributed by atoms with Gasteiger partial charge in [0.05, 0.1) is 5.70 Å². The Balaban J connectivity index is 1.80. The molecule has 4 nitrogen and oxygen atoms in total. The fraction of sp³-hybridized carbons (Fsp3) is 0.174. The molecule has 0 radical (unpaired) electrons. The molecular weight excluding hydrogens is 357 g/mol. The quantitative estimate of drug-likeness (QED) is 0.825. The average Bonchev–Trinajstić information content (AvgIpc) is 2.71. The molecule has 1 unspecified atom stereocenters. The largest absolute Gasteiger partial charge is 0.355 e. The van der Waals surface area contributed by atoms with Crippen molar-refractivity contribution < 1.29 is 18.8 Å². The third-order valence-corrected chi connectivity index (χ3v) is 5.68. The van der Waals surface area contributed by atoms with Gasteiger partial charge in [0.2, 0.25) is 5.78 Å². The van der Waals surface area contributed by atoms with Crippen molar-refractivity contribution in [2.45, 2.75) is 25.2 Å². The minimum absolute atomic E-state index is 0.104. The molecule has 0 spiro atoms. The molecule has 1 aliphatic heterocycles. The molecule has 0 amide bonds. The third kappa shape index (κ3) is 2.26. The maximum atomic E-state index is 14.8. The number of fused-ring (bicyclic) bond motifs is 1. The van der Waals surface area contributed by atoms with Crippen LogP contribution in [-0.4, -0.2) is 17.3 Å². The van der Waals surface area contributed by atoms with Crippen molar-refractivity contribution in [2.24, 2.45) is 0 Å². The second-order valence-corrected chi connectivity index (χ2v) is 7.24. The van der Waals surface area contributed by atoms with E-state index in [-0.39, 0.29) is 34.2 Å². The number of rotatable bonds is 1. The number of hydrogen-bond donors (Lipinski definition) is 1. The number of nitrogens with one attached hydrogen (secondary N) is 1. The molecule has 28 heavy (non-hydrogen) atoms. The van der Waals surface area contributed by atoms with Crippen LogP contribution in [0, 0.1) is 5.82 Å². The van der Waals surface area contributed by atoms with Gasteiger partial charge in [-0.05, 0) is 18.9 Å². The summed E-state index contributed by atoms with van der Waals surface area (Å²) in [6, 6.07) is 12.8. The number of allylic oxidation sites excluding steroid dienone is 4. The van der Waals surface area contributed by atoms with Crippen molar-refractivity contribution in [3.05, 3.63) is 93.6 Å². The highest BCUT2D eigenvalue weighted by Crippen LogP contribution is 2.46. The number of Topliss-reactive ketones (excluding diaryl/α,β-unsaturated/α-hetero) is 3. The Bertz CT molecular complexity index is 1140. The molecule has 2 aliphatic carbocycles. The summed E-state index contributed by atoms with van der Waals surface area (Å²) < 4.78 is 14.8. The maximum absolute atomic E-state index is 14.8. The molecule has 1 N–H and O–H groups in total. The van der Waals surface area contributed by atoms with Crippen LogP contribution in [0.5, 0.6) is 0 Å². The van der Waals surface area contributed by atoms with Gasteiger partial charge in [0.1, 0.15) is 5.82 Å². The minimum atomic E-state index is -0.870. The normalized spacial score (nSPS) is 21.2. The first-order valence-electron chi connectivity index (χ1n) is 9.28. The van der Waals surface area contributed by atoms with Gasteiger partial charge in [-0.1, -0.05) is 42.5 Å².